The largest absolute Gasteiger partial charge is 0.481 e. The highest BCUT2D eigenvalue weighted by Crippen LogP contribution is 2.32. The molecule has 0 spiro atoms. The van der Waals surface area contributed by atoms with Crippen LogP contribution >= 0.6 is 0 Å². The van der Waals surface area contributed by atoms with Crippen LogP contribution in [0.2, 0.25) is 0 Å². The molecule has 0 saturated carbocycles. The van der Waals surface area contributed by atoms with Gasteiger partial charge in [0.25, 0.3) is 5.91 Å². The topological polar surface area (TPSA) is 70.5 Å². The van der Waals surface area contributed by atoms with E-state index in [1.54, 1.807) is 48.5 Å². The number of aromatic nitrogens is 1. The van der Waals surface area contributed by atoms with Gasteiger partial charge in [-0.25, -0.2) is 0 Å². The van der Waals surface area contributed by atoms with Gasteiger partial charge < -0.3 is 10.0 Å². The van der Waals surface area contributed by atoms with Crippen molar-refractivity contribution in [3.05, 3.63) is 83.7 Å². The van der Waals surface area contributed by atoms with E-state index in [4.69, 9.17) is 5.11 Å². The molecule has 2 heterocycles. The summed E-state index contributed by atoms with van der Waals surface area (Å²) in [5.74, 6) is -1.48. The molecule has 2 aromatic carbocycles. The number of anilines is 1. The second kappa shape index (κ2) is 6.68. The van der Waals surface area contributed by atoms with E-state index >= 15 is 0 Å². The number of rotatable bonds is 4. The van der Waals surface area contributed by atoms with Gasteiger partial charge in [-0.2, -0.15) is 0 Å². The molecule has 0 bridgehead atoms. The summed E-state index contributed by atoms with van der Waals surface area (Å²) in [6.45, 7) is 2.14. The molecule has 1 amide bonds. The Labute approximate surface area is 156 Å². The van der Waals surface area contributed by atoms with Crippen LogP contribution < -0.4 is 4.90 Å². The van der Waals surface area contributed by atoms with Gasteiger partial charge in [-0.05, 0) is 59.5 Å². The van der Waals surface area contributed by atoms with Gasteiger partial charge in [0.1, 0.15) is 0 Å². The van der Waals surface area contributed by atoms with Crippen LogP contribution in [-0.4, -0.2) is 22.0 Å². The molecule has 1 aliphatic heterocycles. The van der Waals surface area contributed by atoms with Crippen molar-refractivity contribution in [2.75, 3.05) is 4.90 Å². The number of aliphatic carboxylic acids is 1. The first-order chi connectivity index (χ1) is 13.0. The maximum atomic E-state index is 12.8. The Morgan fingerprint density at radius 2 is 1.89 bits per heavy atom. The molecule has 0 fully saturated rings. The zero-order valence-electron chi connectivity index (χ0n) is 14.8. The molecule has 3 aromatic rings. The molecular weight excluding hydrogens is 340 g/mol. The van der Waals surface area contributed by atoms with Gasteiger partial charge in [0.05, 0.1) is 12.5 Å². The van der Waals surface area contributed by atoms with E-state index in [9.17, 15) is 9.59 Å². The summed E-state index contributed by atoms with van der Waals surface area (Å²) in [4.78, 5) is 29.8. The van der Waals surface area contributed by atoms with Crippen molar-refractivity contribution < 1.29 is 14.7 Å². The minimum absolute atomic E-state index is 0.0400. The van der Waals surface area contributed by atoms with E-state index in [2.05, 4.69) is 4.98 Å². The molecule has 4 rings (SSSR count). The van der Waals surface area contributed by atoms with E-state index in [0.717, 1.165) is 22.4 Å². The van der Waals surface area contributed by atoms with E-state index in [-0.39, 0.29) is 5.91 Å². The lowest BCUT2D eigenvalue weighted by atomic mass is 10.0. The molecule has 27 heavy (non-hydrogen) atoms. The molecule has 1 N–H and O–H groups in total. The average molecular weight is 358 g/mol. The smallest absolute Gasteiger partial charge is 0.310 e. The summed E-state index contributed by atoms with van der Waals surface area (Å²) in [7, 11) is 0. The number of pyridine rings is 1. The minimum Gasteiger partial charge on any atom is -0.481 e. The summed E-state index contributed by atoms with van der Waals surface area (Å²) >= 11 is 0. The van der Waals surface area contributed by atoms with Crippen molar-refractivity contribution >= 4 is 17.6 Å². The van der Waals surface area contributed by atoms with Crippen molar-refractivity contribution in [2.45, 2.75) is 19.4 Å². The standard InChI is InChI=1S/C22H18N2O3/c1-14(22(26)27)15-4-7-19(8-5-15)24-13-18-11-16(6-9-20(18)21(24)25)17-3-2-10-23-12-17/h2-12,14H,13H2,1H3,(H,26,27). The van der Waals surface area contributed by atoms with Crippen molar-refractivity contribution in [3.63, 3.8) is 0 Å². The first-order valence-corrected chi connectivity index (χ1v) is 8.72. The van der Waals surface area contributed by atoms with Crippen LogP contribution in [0.3, 0.4) is 0 Å². The third-order valence-corrected chi connectivity index (χ3v) is 4.98. The van der Waals surface area contributed by atoms with Gasteiger partial charge in [0.2, 0.25) is 0 Å². The molecule has 134 valence electrons. The number of nitrogens with zero attached hydrogens (tertiary/aromatic N) is 2. The number of carbonyl (C=O) groups is 2. The fraction of sp³-hybridized carbons (Fsp3) is 0.136. The van der Waals surface area contributed by atoms with Crippen LogP contribution in [0.15, 0.2) is 67.0 Å². The van der Waals surface area contributed by atoms with Crippen LogP contribution in [0, 0.1) is 0 Å². The van der Waals surface area contributed by atoms with Gasteiger partial charge in [0.15, 0.2) is 0 Å². The van der Waals surface area contributed by atoms with Crippen LogP contribution in [-0.2, 0) is 11.3 Å². The molecule has 0 saturated heterocycles. The number of amides is 1. The molecule has 1 aliphatic rings. The zero-order chi connectivity index (χ0) is 19.0. The highest BCUT2D eigenvalue weighted by atomic mass is 16.4. The SMILES string of the molecule is CC(C(=O)O)c1ccc(N2Cc3cc(-c4cccnc4)ccc3C2=O)cc1. The van der Waals surface area contributed by atoms with Crippen LogP contribution in [0.5, 0.6) is 0 Å². The highest BCUT2D eigenvalue weighted by molar-refractivity contribution is 6.10. The fourth-order valence-corrected chi connectivity index (χ4v) is 3.33. The number of benzene rings is 2. The molecule has 1 unspecified atom stereocenters. The van der Waals surface area contributed by atoms with Gasteiger partial charge in [-0.15, -0.1) is 0 Å². The summed E-state index contributed by atoms with van der Waals surface area (Å²) in [6.07, 6.45) is 3.54. The third-order valence-electron chi connectivity index (χ3n) is 4.98. The van der Waals surface area contributed by atoms with Gasteiger partial charge in [-0.1, -0.05) is 24.3 Å². The zero-order valence-corrected chi connectivity index (χ0v) is 14.8. The Kier molecular flexibility index (Phi) is 4.20. The second-order valence-electron chi connectivity index (χ2n) is 6.66. The lowest BCUT2D eigenvalue weighted by Crippen LogP contribution is -2.23. The summed E-state index contributed by atoms with van der Waals surface area (Å²) in [6, 6.07) is 16.9. The predicted molar refractivity (Wildman–Crippen MR) is 103 cm³/mol. The summed E-state index contributed by atoms with van der Waals surface area (Å²) < 4.78 is 0. The van der Waals surface area contributed by atoms with Crippen LogP contribution in [0.1, 0.15) is 34.3 Å². The first-order valence-electron chi connectivity index (χ1n) is 8.72. The van der Waals surface area contributed by atoms with Gasteiger partial charge in [0, 0.05) is 23.6 Å². The molecule has 1 atom stereocenters. The van der Waals surface area contributed by atoms with Gasteiger partial charge >= 0.3 is 5.97 Å². The van der Waals surface area contributed by atoms with E-state index in [1.165, 1.54) is 0 Å². The number of carboxylic acid groups (broad SMARTS) is 1. The Balaban J connectivity index is 1.61. The quantitative estimate of drug-likeness (QED) is 0.762. The average Bonchev–Trinajstić information content (AvgIpc) is 3.04. The van der Waals surface area contributed by atoms with E-state index < -0.39 is 11.9 Å². The molecule has 0 aliphatic carbocycles. The number of carbonyl (C=O) groups excluding carboxylic acids is 1. The van der Waals surface area contributed by atoms with E-state index in [0.29, 0.717) is 17.7 Å². The number of carboxylic acids is 1. The predicted octanol–water partition coefficient (Wildman–Crippen LogP) is 4.10. The van der Waals surface area contributed by atoms with Crippen LogP contribution in [0.4, 0.5) is 5.69 Å². The number of hydrogen-bond acceptors (Lipinski definition) is 3. The monoisotopic (exact) mass is 358 g/mol. The number of hydrogen-bond donors (Lipinski definition) is 1. The first kappa shape index (κ1) is 17.0. The normalized spacial score (nSPS) is 14.1. The lowest BCUT2D eigenvalue weighted by molar-refractivity contribution is -0.138. The van der Waals surface area contributed by atoms with Gasteiger partial charge in [-0.3, -0.25) is 14.6 Å². The maximum absolute atomic E-state index is 12.8. The van der Waals surface area contributed by atoms with Crippen LogP contribution in [0.25, 0.3) is 11.1 Å². The Bertz CT molecular complexity index is 1010. The second-order valence-corrected chi connectivity index (χ2v) is 6.66. The van der Waals surface area contributed by atoms with Crippen molar-refractivity contribution in [3.8, 4) is 11.1 Å². The Morgan fingerprint density at radius 3 is 2.56 bits per heavy atom. The fourth-order valence-electron chi connectivity index (χ4n) is 3.33. The van der Waals surface area contributed by atoms with Crippen molar-refractivity contribution in [1.29, 1.82) is 0 Å². The molecular formula is C22H18N2O3. The third kappa shape index (κ3) is 3.08. The van der Waals surface area contributed by atoms with Crippen molar-refractivity contribution in [2.24, 2.45) is 0 Å². The molecule has 5 nitrogen and oxygen atoms in total. The molecule has 1 aromatic heterocycles. The summed E-state index contributed by atoms with van der Waals surface area (Å²) in [5.41, 5.74) is 5.20. The minimum atomic E-state index is -0.865. The van der Waals surface area contributed by atoms with E-state index in [1.807, 2.05) is 30.3 Å². The molecule has 0 radical (unpaired) electrons. The number of fused-ring (bicyclic) bond motifs is 1. The van der Waals surface area contributed by atoms with Crippen molar-refractivity contribution in [1.82, 2.24) is 4.98 Å². The molecule has 5 heteroatoms. The Hall–Kier alpha value is -3.47. The lowest BCUT2D eigenvalue weighted by Gasteiger charge is -2.16. The maximum Gasteiger partial charge on any atom is 0.310 e. The Morgan fingerprint density at radius 1 is 1.11 bits per heavy atom. The summed E-state index contributed by atoms with van der Waals surface area (Å²) in [5, 5.41) is 9.13. The highest BCUT2D eigenvalue weighted by Gasteiger charge is 2.29.